The highest BCUT2D eigenvalue weighted by Crippen LogP contribution is 2.44. The highest BCUT2D eigenvalue weighted by atomic mass is 32.2. The van der Waals surface area contributed by atoms with Crippen LogP contribution in [0.2, 0.25) is 0 Å². The lowest BCUT2D eigenvalue weighted by atomic mass is 10.0. The number of anilines is 1. The smallest absolute Gasteiger partial charge is 0.102 e. The Morgan fingerprint density at radius 2 is 2.05 bits per heavy atom. The van der Waals surface area contributed by atoms with Crippen molar-refractivity contribution in [2.45, 2.75) is 10.8 Å². The van der Waals surface area contributed by atoms with Crippen molar-refractivity contribution in [3.05, 3.63) is 53.0 Å². The minimum absolute atomic E-state index is 0.430. The van der Waals surface area contributed by atoms with Crippen LogP contribution in [0.5, 0.6) is 0 Å². The lowest BCUT2D eigenvalue weighted by Crippen LogP contribution is -1.97. The molecule has 0 saturated carbocycles. The summed E-state index contributed by atoms with van der Waals surface area (Å²) in [4.78, 5) is 6.18. The van der Waals surface area contributed by atoms with Crippen molar-refractivity contribution in [1.29, 1.82) is 0 Å². The lowest BCUT2D eigenvalue weighted by molar-refractivity contribution is 0.925. The molecular formula is C15H12N2S2. The zero-order valence-corrected chi connectivity index (χ0v) is 11.8. The molecule has 19 heavy (non-hydrogen) atoms. The first-order valence-electron chi connectivity index (χ1n) is 6.19. The summed E-state index contributed by atoms with van der Waals surface area (Å²) in [6.07, 6.45) is 0. The van der Waals surface area contributed by atoms with E-state index in [1.165, 1.54) is 20.2 Å². The molecule has 1 atom stereocenters. The third kappa shape index (κ3) is 1.83. The number of thioether (sulfide) groups is 1. The van der Waals surface area contributed by atoms with E-state index in [1.54, 1.807) is 11.3 Å². The molecule has 2 N–H and O–H groups in total. The van der Waals surface area contributed by atoms with Gasteiger partial charge in [0.1, 0.15) is 5.01 Å². The van der Waals surface area contributed by atoms with Gasteiger partial charge in [0.2, 0.25) is 0 Å². The fraction of sp³-hybridized carbons (Fsp3) is 0.133. The van der Waals surface area contributed by atoms with E-state index in [-0.39, 0.29) is 0 Å². The SMILES string of the molecule is Nc1ccc2nc(C3CSc4ccccc43)sc2c1. The van der Waals surface area contributed by atoms with Crippen molar-refractivity contribution in [2.24, 2.45) is 0 Å². The maximum absolute atomic E-state index is 5.84. The number of benzene rings is 2. The van der Waals surface area contributed by atoms with Gasteiger partial charge in [-0.15, -0.1) is 23.1 Å². The van der Waals surface area contributed by atoms with Gasteiger partial charge in [0.25, 0.3) is 0 Å². The van der Waals surface area contributed by atoms with Gasteiger partial charge in [-0.25, -0.2) is 4.98 Å². The average Bonchev–Trinajstić information content (AvgIpc) is 3.00. The van der Waals surface area contributed by atoms with E-state index in [2.05, 4.69) is 24.3 Å². The molecule has 4 rings (SSSR count). The maximum Gasteiger partial charge on any atom is 0.102 e. The standard InChI is InChI=1S/C15H12N2S2/c16-9-5-6-12-14(7-9)19-15(17-12)11-8-18-13-4-2-1-3-10(11)13/h1-7,11H,8,16H2. The summed E-state index contributed by atoms with van der Waals surface area (Å²) in [6.45, 7) is 0. The predicted octanol–water partition coefficient (Wildman–Crippen LogP) is 4.12. The predicted molar refractivity (Wildman–Crippen MR) is 83.0 cm³/mol. The molecule has 2 aromatic carbocycles. The largest absolute Gasteiger partial charge is 0.399 e. The van der Waals surface area contributed by atoms with Crippen molar-refractivity contribution >= 4 is 39.0 Å². The molecule has 1 aliphatic rings. The van der Waals surface area contributed by atoms with Gasteiger partial charge < -0.3 is 5.73 Å². The topological polar surface area (TPSA) is 38.9 Å². The van der Waals surface area contributed by atoms with Crippen LogP contribution in [0.4, 0.5) is 5.69 Å². The van der Waals surface area contributed by atoms with Crippen LogP contribution in [0, 0.1) is 0 Å². The molecule has 0 bridgehead atoms. The Morgan fingerprint density at radius 1 is 1.16 bits per heavy atom. The molecule has 0 amide bonds. The zero-order valence-electron chi connectivity index (χ0n) is 10.2. The number of rotatable bonds is 1. The first-order valence-corrected chi connectivity index (χ1v) is 7.99. The molecule has 94 valence electrons. The third-order valence-corrected chi connectivity index (χ3v) is 5.74. The molecule has 0 aliphatic carbocycles. The van der Waals surface area contributed by atoms with Crippen LogP contribution in [0.25, 0.3) is 10.2 Å². The van der Waals surface area contributed by atoms with Gasteiger partial charge >= 0.3 is 0 Å². The fourth-order valence-corrected chi connectivity index (χ4v) is 4.95. The van der Waals surface area contributed by atoms with Gasteiger partial charge in [0, 0.05) is 22.3 Å². The molecule has 0 fully saturated rings. The summed E-state index contributed by atoms with van der Waals surface area (Å²) < 4.78 is 1.18. The second kappa shape index (κ2) is 4.25. The summed E-state index contributed by atoms with van der Waals surface area (Å²) in [5.74, 6) is 1.52. The first kappa shape index (κ1) is 11.3. The van der Waals surface area contributed by atoms with Crippen molar-refractivity contribution < 1.29 is 0 Å². The Hall–Kier alpha value is -1.52. The van der Waals surface area contributed by atoms with Gasteiger partial charge in [0.15, 0.2) is 0 Å². The lowest BCUT2D eigenvalue weighted by Gasteiger charge is -2.05. The van der Waals surface area contributed by atoms with E-state index < -0.39 is 0 Å². The Bertz CT molecular complexity index is 764. The fourth-order valence-electron chi connectivity index (χ4n) is 2.48. The number of nitrogens with zero attached hydrogens (tertiary/aromatic N) is 1. The Balaban J connectivity index is 1.83. The molecule has 0 saturated heterocycles. The molecule has 0 radical (unpaired) electrons. The number of hydrogen-bond acceptors (Lipinski definition) is 4. The summed E-state index contributed by atoms with van der Waals surface area (Å²) in [7, 11) is 0. The number of aromatic nitrogens is 1. The monoisotopic (exact) mass is 284 g/mol. The van der Waals surface area contributed by atoms with Crippen molar-refractivity contribution in [1.82, 2.24) is 4.98 Å². The van der Waals surface area contributed by atoms with Gasteiger partial charge in [-0.3, -0.25) is 0 Å². The number of nitrogen functional groups attached to an aromatic ring is 1. The molecule has 2 heterocycles. The van der Waals surface area contributed by atoms with Crippen LogP contribution in [0.15, 0.2) is 47.4 Å². The molecule has 1 aromatic heterocycles. The van der Waals surface area contributed by atoms with E-state index in [4.69, 9.17) is 10.7 Å². The van der Waals surface area contributed by atoms with Crippen LogP contribution in [-0.2, 0) is 0 Å². The Morgan fingerprint density at radius 3 is 3.00 bits per heavy atom. The maximum atomic E-state index is 5.84. The van der Waals surface area contributed by atoms with Crippen molar-refractivity contribution in [3.8, 4) is 0 Å². The number of nitrogens with two attached hydrogens (primary N) is 1. The first-order chi connectivity index (χ1) is 9.31. The summed E-state index contributed by atoms with van der Waals surface area (Å²) in [6, 6.07) is 14.6. The quantitative estimate of drug-likeness (QED) is 0.683. The van der Waals surface area contributed by atoms with E-state index in [9.17, 15) is 0 Å². The molecular weight excluding hydrogens is 272 g/mol. The van der Waals surface area contributed by atoms with Crippen LogP contribution >= 0.6 is 23.1 Å². The molecule has 1 unspecified atom stereocenters. The van der Waals surface area contributed by atoms with Crippen LogP contribution in [-0.4, -0.2) is 10.7 Å². The van der Waals surface area contributed by atoms with Crippen LogP contribution in [0.3, 0.4) is 0 Å². The highest BCUT2D eigenvalue weighted by molar-refractivity contribution is 7.99. The number of fused-ring (bicyclic) bond motifs is 2. The number of thiazole rings is 1. The normalized spacial score (nSPS) is 17.8. The Kier molecular flexibility index (Phi) is 2.53. The highest BCUT2D eigenvalue weighted by Gasteiger charge is 2.26. The van der Waals surface area contributed by atoms with Gasteiger partial charge in [-0.1, -0.05) is 18.2 Å². The van der Waals surface area contributed by atoms with Gasteiger partial charge in [0.05, 0.1) is 10.2 Å². The van der Waals surface area contributed by atoms with Gasteiger partial charge in [-0.2, -0.15) is 0 Å². The second-order valence-electron chi connectivity index (χ2n) is 4.68. The van der Waals surface area contributed by atoms with Crippen molar-refractivity contribution in [3.63, 3.8) is 0 Å². The molecule has 1 aliphatic heterocycles. The molecule has 3 aromatic rings. The number of hydrogen-bond donors (Lipinski definition) is 1. The summed E-state index contributed by atoms with van der Waals surface area (Å²) in [5, 5.41) is 1.21. The van der Waals surface area contributed by atoms with E-state index in [0.29, 0.717) is 5.92 Å². The average molecular weight is 284 g/mol. The molecule has 4 heteroatoms. The van der Waals surface area contributed by atoms with Crippen LogP contribution in [0.1, 0.15) is 16.5 Å². The third-order valence-electron chi connectivity index (χ3n) is 3.43. The van der Waals surface area contributed by atoms with E-state index in [0.717, 1.165) is 17.0 Å². The molecule has 0 spiro atoms. The minimum atomic E-state index is 0.430. The second-order valence-corrected chi connectivity index (χ2v) is 6.80. The summed E-state index contributed by atoms with van der Waals surface area (Å²) in [5.41, 5.74) is 9.12. The minimum Gasteiger partial charge on any atom is -0.399 e. The molecule has 2 nitrogen and oxygen atoms in total. The van der Waals surface area contributed by atoms with Crippen LogP contribution < -0.4 is 5.73 Å². The van der Waals surface area contributed by atoms with Crippen molar-refractivity contribution in [2.75, 3.05) is 11.5 Å². The zero-order chi connectivity index (χ0) is 12.8. The Labute approximate surface area is 119 Å². The van der Waals surface area contributed by atoms with E-state index in [1.807, 2.05) is 30.0 Å². The van der Waals surface area contributed by atoms with Gasteiger partial charge in [-0.05, 0) is 29.8 Å². The summed E-state index contributed by atoms with van der Waals surface area (Å²) >= 11 is 3.69. The van der Waals surface area contributed by atoms with E-state index >= 15 is 0 Å².